The number of alkyl halides is 1. The molecule has 1 aliphatic carbocycles. The fourth-order valence-electron chi connectivity index (χ4n) is 1.73. The third-order valence-corrected chi connectivity index (χ3v) is 3.84. The molecule has 0 spiro atoms. The summed E-state index contributed by atoms with van der Waals surface area (Å²) in [5, 5.41) is 0. The van der Waals surface area contributed by atoms with Crippen molar-refractivity contribution >= 4 is 27.5 Å². The Labute approximate surface area is 97.5 Å². The Kier molecular flexibility index (Phi) is 3.03. The molecule has 0 heterocycles. The lowest BCUT2D eigenvalue weighted by Crippen LogP contribution is -1.89. The van der Waals surface area contributed by atoms with E-state index in [-0.39, 0.29) is 0 Å². The maximum absolute atomic E-state index is 5.82. The van der Waals surface area contributed by atoms with Gasteiger partial charge in [0.25, 0.3) is 0 Å². The molecule has 1 aromatic rings. The molecular weight excluding hydrogens is 263 g/mol. The summed E-state index contributed by atoms with van der Waals surface area (Å²) in [6.07, 6.45) is 1.20. The number of rotatable bonds is 3. The van der Waals surface area contributed by atoms with Gasteiger partial charge in [-0.3, -0.25) is 0 Å². The minimum atomic E-state index is 0.622. The maximum atomic E-state index is 5.82. The quantitative estimate of drug-likeness (QED) is 0.763. The normalized spacial score (nSPS) is 24.8. The van der Waals surface area contributed by atoms with Crippen LogP contribution in [0.1, 0.15) is 17.9 Å². The van der Waals surface area contributed by atoms with Crippen LogP contribution in [0.4, 0.5) is 0 Å². The molecular formula is C11H12BrClO. The number of hydrogen-bond acceptors (Lipinski definition) is 1. The zero-order chi connectivity index (χ0) is 10.1. The third kappa shape index (κ3) is 1.91. The molecule has 1 aliphatic rings. The van der Waals surface area contributed by atoms with Gasteiger partial charge in [-0.25, -0.2) is 0 Å². The fraction of sp³-hybridized carbons (Fsp3) is 0.455. The first-order valence-corrected chi connectivity index (χ1v) is 5.98. The Hall–Kier alpha value is -0.210. The van der Waals surface area contributed by atoms with E-state index < -0.39 is 0 Å². The van der Waals surface area contributed by atoms with Crippen LogP contribution in [0, 0.1) is 5.92 Å². The highest BCUT2D eigenvalue weighted by atomic mass is 79.9. The van der Waals surface area contributed by atoms with Crippen LogP contribution in [-0.2, 0) is 0 Å². The number of methoxy groups -OCH3 is 1. The lowest BCUT2D eigenvalue weighted by atomic mass is 10.1. The molecule has 1 nitrogen and oxygen atoms in total. The number of hydrogen-bond donors (Lipinski definition) is 0. The van der Waals surface area contributed by atoms with Crippen LogP contribution in [0.5, 0.6) is 5.75 Å². The average molecular weight is 276 g/mol. The van der Waals surface area contributed by atoms with E-state index in [1.54, 1.807) is 7.11 Å². The topological polar surface area (TPSA) is 9.23 Å². The molecule has 76 valence electrons. The van der Waals surface area contributed by atoms with E-state index in [1.165, 1.54) is 12.0 Å². The molecule has 2 rings (SSSR count). The van der Waals surface area contributed by atoms with E-state index in [0.717, 1.165) is 16.1 Å². The van der Waals surface area contributed by atoms with E-state index in [4.69, 9.17) is 16.3 Å². The molecule has 0 bridgehead atoms. The smallest absolute Gasteiger partial charge is 0.119 e. The van der Waals surface area contributed by atoms with E-state index in [2.05, 4.69) is 22.0 Å². The van der Waals surface area contributed by atoms with Crippen LogP contribution in [0.2, 0.25) is 0 Å². The van der Waals surface area contributed by atoms with Gasteiger partial charge in [-0.2, -0.15) is 0 Å². The molecule has 3 heteroatoms. The highest BCUT2D eigenvalue weighted by molar-refractivity contribution is 9.10. The van der Waals surface area contributed by atoms with E-state index in [9.17, 15) is 0 Å². The van der Waals surface area contributed by atoms with Crippen LogP contribution >= 0.6 is 27.5 Å². The molecule has 2 unspecified atom stereocenters. The molecule has 1 aromatic carbocycles. The van der Waals surface area contributed by atoms with E-state index in [1.807, 2.05) is 12.1 Å². The van der Waals surface area contributed by atoms with Gasteiger partial charge in [-0.05, 0) is 42.0 Å². The van der Waals surface area contributed by atoms with Gasteiger partial charge < -0.3 is 4.74 Å². The lowest BCUT2D eigenvalue weighted by molar-refractivity contribution is 0.414. The highest BCUT2D eigenvalue weighted by Crippen LogP contribution is 2.50. The van der Waals surface area contributed by atoms with Crippen molar-refractivity contribution in [1.29, 1.82) is 0 Å². The van der Waals surface area contributed by atoms with Crippen molar-refractivity contribution < 1.29 is 4.74 Å². The molecule has 0 aliphatic heterocycles. The Morgan fingerprint density at radius 1 is 1.57 bits per heavy atom. The van der Waals surface area contributed by atoms with Gasteiger partial charge in [0.15, 0.2) is 0 Å². The van der Waals surface area contributed by atoms with Gasteiger partial charge in [-0.1, -0.05) is 15.9 Å². The van der Waals surface area contributed by atoms with E-state index >= 15 is 0 Å². The van der Waals surface area contributed by atoms with Crippen molar-refractivity contribution in [2.24, 2.45) is 5.92 Å². The van der Waals surface area contributed by atoms with Gasteiger partial charge in [0.2, 0.25) is 0 Å². The van der Waals surface area contributed by atoms with Crippen molar-refractivity contribution in [3.63, 3.8) is 0 Å². The van der Waals surface area contributed by atoms with Crippen LogP contribution in [0.3, 0.4) is 0 Å². The predicted octanol–water partition coefficient (Wildman–Crippen LogP) is 3.80. The van der Waals surface area contributed by atoms with Gasteiger partial charge in [0.1, 0.15) is 5.75 Å². The molecule has 0 saturated heterocycles. The van der Waals surface area contributed by atoms with Crippen molar-refractivity contribution in [2.45, 2.75) is 12.3 Å². The van der Waals surface area contributed by atoms with Gasteiger partial charge >= 0.3 is 0 Å². The third-order valence-electron chi connectivity index (χ3n) is 2.72. The minimum absolute atomic E-state index is 0.622. The standard InChI is InChI=1S/C11H12BrClO/c1-14-8-2-3-11(12)10(5-8)9-4-7(9)6-13/h2-3,5,7,9H,4,6H2,1H3. The Morgan fingerprint density at radius 3 is 2.93 bits per heavy atom. The molecule has 1 saturated carbocycles. The number of halogens is 2. The Balaban J connectivity index is 2.24. The molecule has 14 heavy (non-hydrogen) atoms. The largest absolute Gasteiger partial charge is 0.497 e. The molecule has 0 N–H and O–H groups in total. The van der Waals surface area contributed by atoms with Crippen molar-refractivity contribution in [1.82, 2.24) is 0 Å². The zero-order valence-electron chi connectivity index (χ0n) is 7.97. The number of benzene rings is 1. The predicted molar refractivity (Wildman–Crippen MR) is 62.3 cm³/mol. The van der Waals surface area contributed by atoms with Crippen molar-refractivity contribution in [3.8, 4) is 5.75 Å². The van der Waals surface area contributed by atoms with Gasteiger partial charge in [0, 0.05) is 10.4 Å². The molecule has 0 aromatic heterocycles. The van der Waals surface area contributed by atoms with Gasteiger partial charge in [0.05, 0.1) is 7.11 Å². The molecule has 1 fully saturated rings. The molecule has 0 radical (unpaired) electrons. The van der Waals surface area contributed by atoms with Crippen LogP contribution in [0.15, 0.2) is 22.7 Å². The number of ether oxygens (including phenoxy) is 1. The summed E-state index contributed by atoms with van der Waals surface area (Å²) in [5.74, 6) is 2.95. The highest BCUT2D eigenvalue weighted by Gasteiger charge is 2.38. The molecule has 2 atom stereocenters. The second kappa shape index (κ2) is 4.11. The summed E-state index contributed by atoms with van der Waals surface area (Å²) < 4.78 is 6.37. The maximum Gasteiger partial charge on any atom is 0.119 e. The van der Waals surface area contributed by atoms with Gasteiger partial charge in [-0.15, -0.1) is 11.6 Å². The second-order valence-electron chi connectivity index (χ2n) is 3.64. The first kappa shape index (κ1) is 10.3. The summed E-state index contributed by atoms with van der Waals surface area (Å²) in [6, 6.07) is 6.10. The van der Waals surface area contributed by atoms with Crippen molar-refractivity contribution in [2.75, 3.05) is 13.0 Å². The first-order chi connectivity index (χ1) is 6.76. The summed E-state index contributed by atoms with van der Waals surface area (Å²) >= 11 is 9.38. The van der Waals surface area contributed by atoms with Crippen LogP contribution < -0.4 is 4.74 Å². The van der Waals surface area contributed by atoms with Crippen LogP contribution in [-0.4, -0.2) is 13.0 Å². The summed E-state index contributed by atoms with van der Waals surface area (Å²) in [5.41, 5.74) is 1.33. The lowest BCUT2D eigenvalue weighted by Gasteiger charge is -2.06. The summed E-state index contributed by atoms with van der Waals surface area (Å²) in [4.78, 5) is 0. The monoisotopic (exact) mass is 274 g/mol. The fourth-order valence-corrected chi connectivity index (χ4v) is 2.61. The first-order valence-electron chi connectivity index (χ1n) is 4.65. The van der Waals surface area contributed by atoms with Crippen molar-refractivity contribution in [3.05, 3.63) is 28.2 Å². The Morgan fingerprint density at radius 2 is 2.36 bits per heavy atom. The van der Waals surface area contributed by atoms with E-state index in [0.29, 0.717) is 11.8 Å². The van der Waals surface area contributed by atoms with Crippen LogP contribution in [0.25, 0.3) is 0 Å². The SMILES string of the molecule is COc1ccc(Br)c(C2CC2CCl)c1. The summed E-state index contributed by atoms with van der Waals surface area (Å²) in [6.45, 7) is 0. The minimum Gasteiger partial charge on any atom is -0.497 e. The zero-order valence-corrected chi connectivity index (χ0v) is 10.3. The average Bonchev–Trinajstić information content (AvgIpc) is 2.98. The second-order valence-corrected chi connectivity index (χ2v) is 4.81. The summed E-state index contributed by atoms with van der Waals surface area (Å²) in [7, 11) is 1.69. The molecule has 0 amide bonds. The Bertz CT molecular complexity index is 340.